The molecule has 0 radical (unpaired) electrons. The molecule has 1 aromatic carbocycles. The SMILES string of the molecule is COc1ccc(C(C)NC(=O)C(=O)Nc2ncn[nH]2)cc1OC. The molecule has 0 saturated heterocycles. The lowest BCUT2D eigenvalue weighted by atomic mass is 10.1. The van der Waals surface area contributed by atoms with Gasteiger partial charge >= 0.3 is 11.8 Å². The van der Waals surface area contributed by atoms with E-state index in [0.717, 1.165) is 5.56 Å². The van der Waals surface area contributed by atoms with Crippen LogP contribution in [-0.4, -0.2) is 41.2 Å². The van der Waals surface area contributed by atoms with Gasteiger partial charge in [0.2, 0.25) is 5.95 Å². The Balaban J connectivity index is 2.01. The molecule has 1 heterocycles. The van der Waals surface area contributed by atoms with E-state index in [1.807, 2.05) is 0 Å². The van der Waals surface area contributed by atoms with E-state index in [0.29, 0.717) is 11.5 Å². The van der Waals surface area contributed by atoms with E-state index in [9.17, 15) is 9.59 Å². The Labute approximate surface area is 132 Å². The van der Waals surface area contributed by atoms with Gasteiger partial charge in [-0.1, -0.05) is 6.07 Å². The van der Waals surface area contributed by atoms with Crippen LogP contribution in [0.3, 0.4) is 0 Å². The third-order valence-electron chi connectivity index (χ3n) is 3.11. The van der Waals surface area contributed by atoms with Crippen LogP contribution in [0.15, 0.2) is 24.5 Å². The van der Waals surface area contributed by atoms with Gasteiger partial charge < -0.3 is 14.8 Å². The number of aromatic amines is 1. The molecule has 23 heavy (non-hydrogen) atoms. The largest absolute Gasteiger partial charge is 0.493 e. The van der Waals surface area contributed by atoms with Crippen molar-refractivity contribution in [3.05, 3.63) is 30.1 Å². The van der Waals surface area contributed by atoms with E-state index >= 15 is 0 Å². The number of carbonyl (C=O) groups is 2. The van der Waals surface area contributed by atoms with E-state index in [2.05, 4.69) is 25.8 Å². The van der Waals surface area contributed by atoms with Crippen LogP contribution < -0.4 is 20.1 Å². The summed E-state index contributed by atoms with van der Waals surface area (Å²) in [5, 5.41) is 10.9. The van der Waals surface area contributed by atoms with Crippen molar-refractivity contribution in [2.75, 3.05) is 19.5 Å². The lowest BCUT2D eigenvalue weighted by Gasteiger charge is -2.16. The van der Waals surface area contributed by atoms with Gasteiger partial charge in [-0.05, 0) is 24.6 Å². The lowest BCUT2D eigenvalue weighted by Crippen LogP contribution is -2.37. The minimum atomic E-state index is -0.839. The first-order valence-electron chi connectivity index (χ1n) is 6.74. The zero-order chi connectivity index (χ0) is 16.8. The molecular formula is C14H17N5O4. The van der Waals surface area contributed by atoms with Gasteiger partial charge in [-0.2, -0.15) is 10.1 Å². The van der Waals surface area contributed by atoms with Crippen molar-refractivity contribution in [2.45, 2.75) is 13.0 Å². The number of nitrogens with zero attached hydrogens (tertiary/aromatic N) is 2. The molecule has 0 saturated carbocycles. The fourth-order valence-electron chi connectivity index (χ4n) is 1.90. The van der Waals surface area contributed by atoms with Crippen LogP contribution in [0.4, 0.5) is 5.95 Å². The van der Waals surface area contributed by atoms with E-state index < -0.39 is 17.9 Å². The summed E-state index contributed by atoms with van der Waals surface area (Å²) in [6.07, 6.45) is 1.22. The van der Waals surface area contributed by atoms with Crippen LogP contribution in [0.25, 0.3) is 0 Å². The summed E-state index contributed by atoms with van der Waals surface area (Å²) in [4.78, 5) is 27.3. The van der Waals surface area contributed by atoms with E-state index in [4.69, 9.17) is 9.47 Å². The molecule has 2 amide bonds. The molecule has 1 atom stereocenters. The summed E-state index contributed by atoms with van der Waals surface area (Å²) in [6, 6.07) is 4.84. The van der Waals surface area contributed by atoms with Crippen LogP contribution in [-0.2, 0) is 9.59 Å². The van der Waals surface area contributed by atoms with Crippen LogP contribution >= 0.6 is 0 Å². The molecule has 0 spiro atoms. The van der Waals surface area contributed by atoms with E-state index in [1.54, 1.807) is 25.1 Å². The summed E-state index contributed by atoms with van der Waals surface area (Å²) < 4.78 is 10.4. The number of hydrogen-bond acceptors (Lipinski definition) is 6. The second kappa shape index (κ2) is 7.25. The molecule has 3 N–H and O–H groups in total. The van der Waals surface area contributed by atoms with Gasteiger partial charge in [0.05, 0.1) is 20.3 Å². The zero-order valence-electron chi connectivity index (χ0n) is 12.9. The molecule has 9 heteroatoms. The zero-order valence-corrected chi connectivity index (χ0v) is 12.9. The number of rotatable bonds is 5. The number of H-pyrrole nitrogens is 1. The Hall–Kier alpha value is -3.10. The number of methoxy groups -OCH3 is 2. The summed E-state index contributed by atoms with van der Waals surface area (Å²) in [5.74, 6) is -0.406. The van der Waals surface area contributed by atoms with Crippen LogP contribution in [0.2, 0.25) is 0 Å². The smallest absolute Gasteiger partial charge is 0.316 e. The molecule has 1 aromatic heterocycles. The summed E-state index contributed by atoms with van der Waals surface area (Å²) in [6.45, 7) is 1.75. The second-order valence-electron chi connectivity index (χ2n) is 4.60. The van der Waals surface area contributed by atoms with Gasteiger partial charge in [-0.15, -0.1) is 0 Å². The Morgan fingerprint density at radius 2 is 1.91 bits per heavy atom. The first-order chi connectivity index (χ1) is 11.0. The van der Waals surface area contributed by atoms with Crippen molar-refractivity contribution in [1.82, 2.24) is 20.5 Å². The van der Waals surface area contributed by atoms with Gasteiger partial charge in [-0.3, -0.25) is 14.9 Å². The van der Waals surface area contributed by atoms with Crippen LogP contribution in [0.1, 0.15) is 18.5 Å². The highest BCUT2D eigenvalue weighted by Crippen LogP contribution is 2.29. The quantitative estimate of drug-likeness (QED) is 0.696. The number of nitrogens with one attached hydrogen (secondary N) is 3. The normalized spacial score (nSPS) is 11.4. The number of carbonyl (C=O) groups excluding carboxylic acids is 2. The van der Waals surface area contributed by atoms with E-state index in [-0.39, 0.29) is 5.95 Å². The average molecular weight is 319 g/mol. The standard InChI is InChI=1S/C14H17N5O4/c1-8(9-4-5-10(22-2)11(6-9)23-3)17-12(20)13(21)18-14-15-7-16-19-14/h4-8H,1-3H3,(H,17,20)(H2,15,16,18,19,21). The molecule has 122 valence electrons. The van der Waals surface area contributed by atoms with Crippen molar-refractivity contribution < 1.29 is 19.1 Å². The minimum Gasteiger partial charge on any atom is -0.493 e. The molecule has 0 bridgehead atoms. The minimum absolute atomic E-state index is 0.101. The van der Waals surface area contributed by atoms with Crippen LogP contribution in [0, 0.1) is 0 Å². The van der Waals surface area contributed by atoms with Crippen molar-refractivity contribution >= 4 is 17.8 Å². The number of anilines is 1. The molecule has 9 nitrogen and oxygen atoms in total. The lowest BCUT2D eigenvalue weighted by molar-refractivity contribution is -0.136. The molecule has 1 unspecified atom stereocenters. The summed E-state index contributed by atoms with van der Waals surface area (Å²) >= 11 is 0. The number of benzene rings is 1. The molecule has 2 rings (SSSR count). The molecular weight excluding hydrogens is 302 g/mol. The maximum absolute atomic E-state index is 11.9. The molecule has 0 aliphatic carbocycles. The first-order valence-corrected chi connectivity index (χ1v) is 6.74. The predicted molar refractivity (Wildman–Crippen MR) is 81.1 cm³/mol. The second-order valence-corrected chi connectivity index (χ2v) is 4.60. The monoisotopic (exact) mass is 319 g/mol. The highest BCUT2D eigenvalue weighted by molar-refractivity contribution is 6.39. The summed E-state index contributed by atoms with van der Waals surface area (Å²) in [5.41, 5.74) is 0.767. The molecule has 0 aliphatic rings. The summed E-state index contributed by atoms with van der Waals surface area (Å²) in [7, 11) is 3.06. The topological polar surface area (TPSA) is 118 Å². The third-order valence-corrected chi connectivity index (χ3v) is 3.11. The number of hydrogen-bond donors (Lipinski definition) is 3. The Morgan fingerprint density at radius 1 is 1.17 bits per heavy atom. The maximum Gasteiger partial charge on any atom is 0.316 e. The Bertz CT molecular complexity index is 686. The molecule has 2 aromatic rings. The number of ether oxygens (including phenoxy) is 2. The number of aromatic nitrogens is 3. The van der Waals surface area contributed by atoms with Gasteiger partial charge in [0.25, 0.3) is 0 Å². The fourth-order valence-corrected chi connectivity index (χ4v) is 1.90. The van der Waals surface area contributed by atoms with Crippen molar-refractivity contribution in [3.8, 4) is 11.5 Å². The Morgan fingerprint density at radius 3 is 2.52 bits per heavy atom. The van der Waals surface area contributed by atoms with Gasteiger partial charge in [0.1, 0.15) is 6.33 Å². The van der Waals surface area contributed by atoms with Crippen molar-refractivity contribution in [1.29, 1.82) is 0 Å². The first kappa shape index (κ1) is 16.3. The number of amides is 2. The van der Waals surface area contributed by atoms with E-state index in [1.165, 1.54) is 20.5 Å². The third kappa shape index (κ3) is 3.96. The highest BCUT2D eigenvalue weighted by atomic mass is 16.5. The van der Waals surface area contributed by atoms with Gasteiger partial charge in [0, 0.05) is 0 Å². The fraction of sp³-hybridized carbons (Fsp3) is 0.286. The average Bonchev–Trinajstić information content (AvgIpc) is 3.06. The Kier molecular flexibility index (Phi) is 5.13. The predicted octanol–water partition coefficient (Wildman–Crippen LogP) is 0.638. The molecule has 0 fully saturated rings. The van der Waals surface area contributed by atoms with Crippen molar-refractivity contribution in [3.63, 3.8) is 0 Å². The van der Waals surface area contributed by atoms with Gasteiger partial charge in [0.15, 0.2) is 11.5 Å². The van der Waals surface area contributed by atoms with Gasteiger partial charge in [-0.25, -0.2) is 5.10 Å². The highest BCUT2D eigenvalue weighted by Gasteiger charge is 2.19. The van der Waals surface area contributed by atoms with Crippen LogP contribution in [0.5, 0.6) is 11.5 Å². The molecule has 0 aliphatic heterocycles. The van der Waals surface area contributed by atoms with Crippen molar-refractivity contribution in [2.24, 2.45) is 0 Å². The maximum atomic E-state index is 11.9.